The molecular weight excluding hydrogens is 322 g/mol. The number of nitrogens with zero attached hydrogens (tertiary/aromatic N) is 2. The lowest BCUT2D eigenvalue weighted by molar-refractivity contribution is -0.147. The summed E-state index contributed by atoms with van der Waals surface area (Å²) >= 11 is 0. The highest BCUT2D eigenvalue weighted by Gasteiger charge is 2.42. The van der Waals surface area contributed by atoms with Gasteiger partial charge >= 0.3 is 12.0 Å². The quantitative estimate of drug-likeness (QED) is 0.809. The predicted octanol–water partition coefficient (Wildman–Crippen LogP) is 1.67. The standard InChI is InChI=1S/C18H29N3O4/c1-18(16(23)24)8-10-21(12-18)17(25)19-14-7-9-20(11-14)15(22)13-5-3-2-4-6-13/h13-14H,2-12H2,1H3,(H,19,25)(H,23,24). The van der Waals surface area contributed by atoms with Crippen molar-refractivity contribution in [1.82, 2.24) is 15.1 Å². The second kappa shape index (κ2) is 7.22. The molecule has 0 spiro atoms. The van der Waals surface area contributed by atoms with Crippen LogP contribution in [0.2, 0.25) is 0 Å². The summed E-state index contributed by atoms with van der Waals surface area (Å²) in [6, 6.07) is -0.237. The normalized spacial score (nSPS) is 30.5. The van der Waals surface area contributed by atoms with E-state index in [2.05, 4.69) is 5.32 Å². The highest BCUT2D eigenvalue weighted by Crippen LogP contribution is 2.30. The first-order chi connectivity index (χ1) is 11.9. The molecule has 7 heteroatoms. The maximum Gasteiger partial charge on any atom is 0.317 e. The molecule has 140 valence electrons. The monoisotopic (exact) mass is 351 g/mol. The summed E-state index contributed by atoms with van der Waals surface area (Å²) in [5.41, 5.74) is -0.851. The SMILES string of the molecule is CC1(C(=O)O)CCN(C(=O)NC2CCN(C(=O)C3CCCCC3)C2)C1. The number of carboxylic acid groups (broad SMARTS) is 1. The first-order valence-electron chi connectivity index (χ1n) is 9.47. The van der Waals surface area contributed by atoms with Gasteiger partial charge in [-0.05, 0) is 32.6 Å². The largest absolute Gasteiger partial charge is 0.481 e. The van der Waals surface area contributed by atoms with Gasteiger partial charge in [0.25, 0.3) is 0 Å². The zero-order chi connectivity index (χ0) is 18.0. The van der Waals surface area contributed by atoms with Gasteiger partial charge in [-0.2, -0.15) is 0 Å². The molecule has 3 aliphatic rings. The third-order valence-electron chi connectivity index (χ3n) is 6.06. The van der Waals surface area contributed by atoms with E-state index in [1.165, 1.54) is 6.42 Å². The molecule has 1 saturated carbocycles. The minimum Gasteiger partial charge on any atom is -0.481 e. The zero-order valence-electron chi connectivity index (χ0n) is 15.0. The molecule has 2 heterocycles. The van der Waals surface area contributed by atoms with E-state index in [4.69, 9.17) is 0 Å². The molecule has 2 N–H and O–H groups in total. The van der Waals surface area contributed by atoms with Crippen molar-refractivity contribution in [3.63, 3.8) is 0 Å². The van der Waals surface area contributed by atoms with E-state index in [1.54, 1.807) is 11.8 Å². The van der Waals surface area contributed by atoms with Gasteiger partial charge in [0.2, 0.25) is 5.91 Å². The molecule has 3 rings (SSSR count). The Bertz CT molecular complexity index is 546. The number of amides is 3. The van der Waals surface area contributed by atoms with E-state index in [1.807, 2.05) is 4.90 Å². The summed E-state index contributed by atoms with van der Waals surface area (Å²) < 4.78 is 0. The van der Waals surface area contributed by atoms with E-state index >= 15 is 0 Å². The van der Waals surface area contributed by atoms with Crippen LogP contribution in [0, 0.1) is 11.3 Å². The van der Waals surface area contributed by atoms with E-state index < -0.39 is 11.4 Å². The van der Waals surface area contributed by atoms with Gasteiger partial charge < -0.3 is 20.2 Å². The fourth-order valence-corrected chi connectivity index (χ4v) is 4.26. The lowest BCUT2D eigenvalue weighted by atomic mass is 9.88. The van der Waals surface area contributed by atoms with E-state index in [0.717, 1.165) is 32.1 Å². The van der Waals surface area contributed by atoms with Crippen LogP contribution in [0.4, 0.5) is 4.79 Å². The van der Waals surface area contributed by atoms with Gasteiger partial charge in [0.05, 0.1) is 5.41 Å². The lowest BCUT2D eigenvalue weighted by Crippen LogP contribution is -2.46. The van der Waals surface area contributed by atoms with Crippen molar-refractivity contribution in [2.24, 2.45) is 11.3 Å². The number of hydrogen-bond donors (Lipinski definition) is 2. The van der Waals surface area contributed by atoms with E-state index in [9.17, 15) is 19.5 Å². The van der Waals surface area contributed by atoms with Crippen LogP contribution in [0.5, 0.6) is 0 Å². The molecule has 3 fully saturated rings. The van der Waals surface area contributed by atoms with Gasteiger partial charge in [-0.3, -0.25) is 9.59 Å². The van der Waals surface area contributed by atoms with E-state index in [-0.39, 0.29) is 30.4 Å². The lowest BCUT2D eigenvalue weighted by Gasteiger charge is -2.26. The first-order valence-corrected chi connectivity index (χ1v) is 9.47. The molecule has 0 aromatic heterocycles. The number of carbonyl (C=O) groups excluding carboxylic acids is 2. The van der Waals surface area contributed by atoms with Gasteiger partial charge in [-0.25, -0.2) is 4.79 Å². The van der Waals surface area contributed by atoms with Crippen LogP contribution in [0.25, 0.3) is 0 Å². The zero-order valence-corrected chi connectivity index (χ0v) is 15.0. The van der Waals surface area contributed by atoms with Crippen molar-refractivity contribution in [3.8, 4) is 0 Å². The van der Waals surface area contributed by atoms with Gasteiger partial charge in [0, 0.05) is 38.1 Å². The first kappa shape index (κ1) is 18.0. The van der Waals surface area contributed by atoms with Crippen molar-refractivity contribution in [1.29, 1.82) is 0 Å². The van der Waals surface area contributed by atoms with Gasteiger partial charge in [-0.15, -0.1) is 0 Å². The van der Waals surface area contributed by atoms with Crippen molar-refractivity contribution in [2.45, 2.75) is 57.9 Å². The van der Waals surface area contributed by atoms with Crippen LogP contribution in [-0.2, 0) is 9.59 Å². The smallest absolute Gasteiger partial charge is 0.317 e. The number of nitrogens with one attached hydrogen (secondary N) is 1. The topological polar surface area (TPSA) is 89.9 Å². The number of likely N-dealkylation sites (tertiary alicyclic amines) is 2. The molecule has 3 amide bonds. The second-order valence-corrected chi connectivity index (χ2v) is 8.09. The molecule has 0 aromatic carbocycles. The molecule has 2 unspecified atom stereocenters. The number of carbonyl (C=O) groups is 3. The van der Waals surface area contributed by atoms with Crippen LogP contribution in [-0.4, -0.2) is 65.0 Å². The molecule has 0 radical (unpaired) electrons. The average molecular weight is 351 g/mol. The molecule has 1 aliphatic carbocycles. The predicted molar refractivity (Wildman–Crippen MR) is 92.0 cm³/mol. The Morgan fingerprint density at radius 1 is 1.04 bits per heavy atom. The number of aliphatic carboxylic acids is 1. The van der Waals surface area contributed by atoms with Crippen molar-refractivity contribution in [3.05, 3.63) is 0 Å². The van der Waals surface area contributed by atoms with Crippen LogP contribution in [0.15, 0.2) is 0 Å². The Morgan fingerprint density at radius 2 is 1.76 bits per heavy atom. The number of urea groups is 1. The summed E-state index contributed by atoms with van der Waals surface area (Å²) in [5.74, 6) is -0.443. The molecule has 0 aromatic rings. The Morgan fingerprint density at radius 3 is 2.40 bits per heavy atom. The molecule has 2 saturated heterocycles. The molecule has 7 nitrogen and oxygen atoms in total. The van der Waals surface area contributed by atoms with Crippen LogP contribution >= 0.6 is 0 Å². The highest BCUT2D eigenvalue weighted by molar-refractivity contribution is 5.81. The molecule has 0 bridgehead atoms. The van der Waals surface area contributed by atoms with Crippen molar-refractivity contribution in [2.75, 3.05) is 26.2 Å². The van der Waals surface area contributed by atoms with Gasteiger partial charge in [0.1, 0.15) is 0 Å². The molecule has 2 atom stereocenters. The molecule has 2 aliphatic heterocycles. The van der Waals surface area contributed by atoms with Crippen LogP contribution in [0.3, 0.4) is 0 Å². The summed E-state index contributed by atoms with van der Waals surface area (Å²) in [6.45, 7) is 3.67. The maximum absolute atomic E-state index is 12.6. The Labute approximate surface area is 148 Å². The average Bonchev–Trinajstić information content (AvgIpc) is 3.23. The van der Waals surface area contributed by atoms with Crippen molar-refractivity contribution >= 4 is 17.9 Å². The van der Waals surface area contributed by atoms with Crippen molar-refractivity contribution < 1.29 is 19.5 Å². The number of carboxylic acids is 1. The summed E-state index contributed by atoms with van der Waals surface area (Å²) in [6.07, 6.45) is 6.75. The summed E-state index contributed by atoms with van der Waals surface area (Å²) in [7, 11) is 0. The highest BCUT2D eigenvalue weighted by atomic mass is 16.4. The fraction of sp³-hybridized carbons (Fsp3) is 0.833. The minimum absolute atomic E-state index is 0.0308. The third kappa shape index (κ3) is 3.90. The Hall–Kier alpha value is -1.79. The Balaban J connectivity index is 1.47. The Kier molecular flexibility index (Phi) is 5.20. The second-order valence-electron chi connectivity index (χ2n) is 8.09. The van der Waals surface area contributed by atoms with Gasteiger partial charge in [0.15, 0.2) is 0 Å². The third-order valence-corrected chi connectivity index (χ3v) is 6.06. The maximum atomic E-state index is 12.6. The van der Waals surface area contributed by atoms with Crippen LogP contribution in [0.1, 0.15) is 51.9 Å². The minimum atomic E-state index is -0.854. The van der Waals surface area contributed by atoms with Gasteiger partial charge in [-0.1, -0.05) is 19.3 Å². The van der Waals surface area contributed by atoms with E-state index in [0.29, 0.717) is 26.1 Å². The summed E-state index contributed by atoms with van der Waals surface area (Å²) in [5, 5.41) is 12.3. The summed E-state index contributed by atoms with van der Waals surface area (Å²) in [4.78, 5) is 39.8. The number of rotatable bonds is 3. The van der Waals surface area contributed by atoms with Crippen LogP contribution < -0.4 is 5.32 Å². The molecular formula is C18H29N3O4. The molecule has 25 heavy (non-hydrogen) atoms. The fourth-order valence-electron chi connectivity index (χ4n) is 4.26. The number of hydrogen-bond acceptors (Lipinski definition) is 3.